The molecule has 1 amide bonds. The molecule has 2 aromatic carbocycles. The SMILES string of the molecule is COC(=O)C(NC(=O)c1cc2c(C)cc(C)cc2[nH]1)c1ccc(Br)cc1. The van der Waals surface area contributed by atoms with E-state index in [-0.39, 0.29) is 5.91 Å². The number of carbonyl (C=O) groups is 2. The van der Waals surface area contributed by atoms with Gasteiger partial charge in [-0.1, -0.05) is 34.1 Å². The maximum atomic E-state index is 12.7. The van der Waals surface area contributed by atoms with Crippen molar-refractivity contribution in [2.75, 3.05) is 7.11 Å². The second-order valence-corrected chi connectivity index (χ2v) is 7.12. The van der Waals surface area contributed by atoms with Crippen LogP contribution in [0.5, 0.6) is 0 Å². The Bertz CT molecular complexity index is 977. The Labute approximate surface area is 159 Å². The number of aryl methyl sites for hydroxylation is 2. The highest BCUT2D eigenvalue weighted by molar-refractivity contribution is 9.10. The molecule has 1 aromatic heterocycles. The van der Waals surface area contributed by atoms with Crippen molar-refractivity contribution in [1.82, 2.24) is 10.3 Å². The molecule has 0 aliphatic heterocycles. The summed E-state index contributed by atoms with van der Waals surface area (Å²) in [5.74, 6) is -0.889. The van der Waals surface area contributed by atoms with Gasteiger partial charge in [-0.2, -0.15) is 0 Å². The summed E-state index contributed by atoms with van der Waals surface area (Å²) in [6, 6.07) is 12.1. The molecule has 0 spiro atoms. The molecule has 0 bridgehead atoms. The zero-order chi connectivity index (χ0) is 18.8. The van der Waals surface area contributed by atoms with E-state index in [0.717, 1.165) is 26.5 Å². The largest absolute Gasteiger partial charge is 0.467 e. The van der Waals surface area contributed by atoms with Crippen LogP contribution in [-0.4, -0.2) is 24.0 Å². The molecule has 1 atom stereocenters. The number of esters is 1. The molecule has 6 heteroatoms. The molecule has 0 radical (unpaired) electrons. The molecule has 0 saturated heterocycles. The van der Waals surface area contributed by atoms with Crippen molar-refractivity contribution in [2.45, 2.75) is 19.9 Å². The Kier molecular flexibility index (Phi) is 5.13. The minimum Gasteiger partial charge on any atom is -0.467 e. The Morgan fingerprint density at radius 3 is 2.46 bits per heavy atom. The number of ether oxygens (including phenoxy) is 1. The summed E-state index contributed by atoms with van der Waals surface area (Å²) in [5.41, 5.74) is 4.15. The van der Waals surface area contributed by atoms with Gasteiger partial charge < -0.3 is 15.0 Å². The second kappa shape index (κ2) is 7.33. The monoisotopic (exact) mass is 414 g/mol. The van der Waals surface area contributed by atoms with Crippen molar-refractivity contribution in [1.29, 1.82) is 0 Å². The van der Waals surface area contributed by atoms with E-state index in [4.69, 9.17) is 4.74 Å². The van der Waals surface area contributed by atoms with Crippen molar-refractivity contribution in [3.8, 4) is 0 Å². The number of rotatable bonds is 4. The van der Waals surface area contributed by atoms with Crippen LogP contribution >= 0.6 is 15.9 Å². The molecule has 5 nitrogen and oxygen atoms in total. The van der Waals surface area contributed by atoms with Crippen molar-refractivity contribution in [3.05, 3.63) is 69.3 Å². The first-order valence-corrected chi connectivity index (χ1v) is 8.92. The Morgan fingerprint density at radius 2 is 1.81 bits per heavy atom. The maximum Gasteiger partial charge on any atom is 0.333 e. The van der Waals surface area contributed by atoms with Gasteiger partial charge in [0.25, 0.3) is 5.91 Å². The molecule has 26 heavy (non-hydrogen) atoms. The highest BCUT2D eigenvalue weighted by Crippen LogP contribution is 2.23. The van der Waals surface area contributed by atoms with Crippen LogP contribution in [0.2, 0.25) is 0 Å². The maximum absolute atomic E-state index is 12.7. The number of aromatic nitrogens is 1. The molecule has 3 aromatic rings. The molecule has 0 fully saturated rings. The first-order chi connectivity index (χ1) is 12.4. The van der Waals surface area contributed by atoms with E-state index in [1.165, 1.54) is 7.11 Å². The number of methoxy groups -OCH3 is 1. The first-order valence-electron chi connectivity index (χ1n) is 8.13. The summed E-state index contributed by atoms with van der Waals surface area (Å²) >= 11 is 3.36. The molecule has 2 N–H and O–H groups in total. The number of fused-ring (bicyclic) bond motifs is 1. The fourth-order valence-electron chi connectivity index (χ4n) is 2.98. The zero-order valence-electron chi connectivity index (χ0n) is 14.7. The fourth-order valence-corrected chi connectivity index (χ4v) is 3.25. The van der Waals surface area contributed by atoms with Crippen molar-refractivity contribution >= 4 is 38.7 Å². The van der Waals surface area contributed by atoms with Crippen LogP contribution in [0.25, 0.3) is 10.9 Å². The van der Waals surface area contributed by atoms with Gasteiger partial charge in [0.2, 0.25) is 0 Å². The van der Waals surface area contributed by atoms with Gasteiger partial charge in [0.15, 0.2) is 6.04 Å². The normalized spacial score (nSPS) is 12.0. The van der Waals surface area contributed by atoms with E-state index < -0.39 is 12.0 Å². The lowest BCUT2D eigenvalue weighted by molar-refractivity contribution is -0.143. The van der Waals surface area contributed by atoms with E-state index in [1.54, 1.807) is 18.2 Å². The van der Waals surface area contributed by atoms with Gasteiger partial charge in [-0.25, -0.2) is 4.79 Å². The van der Waals surface area contributed by atoms with Crippen molar-refractivity contribution in [2.24, 2.45) is 0 Å². The third-order valence-electron chi connectivity index (χ3n) is 4.25. The van der Waals surface area contributed by atoms with Crippen LogP contribution in [0.1, 0.15) is 33.2 Å². The zero-order valence-corrected chi connectivity index (χ0v) is 16.3. The highest BCUT2D eigenvalue weighted by atomic mass is 79.9. The van der Waals surface area contributed by atoms with Crippen molar-refractivity contribution in [3.63, 3.8) is 0 Å². The molecule has 1 heterocycles. The van der Waals surface area contributed by atoms with Crippen LogP contribution in [0.4, 0.5) is 0 Å². The average molecular weight is 415 g/mol. The Balaban J connectivity index is 1.91. The predicted molar refractivity (Wildman–Crippen MR) is 104 cm³/mol. The van der Waals surface area contributed by atoms with E-state index in [9.17, 15) is 9.59 Å². The third kappa shape index (κ3) is 3.65. The molecule has 0 aliphatic carbocycles. The first kappa shape index (κ1) is 18.2. The van der Waals surface area contributed by atoms with Crippen LogP contribution in [0.3, 0.4) is 0 Å². The van der Waals surface area contributed by atoms with E-state index in [1.807, 2.05) is 32.0 Å². The van der Waals surface area contributed by atoms with Gasteiger partial charge in [0.1, 0.15) is 5.69 Å². The second-order valence-electron chi connectivity index (χ2n) is 6.21. The topological polar surface area (TPSA) is 71.2 Å². The Morgan fingerprint density at radius 1 is 1.12 bits per heavy atom. The number of hydrogen-bond donors (Lipinski definition) is 2. The summed E-state index contributed by atoms with van der Waals surface area (Å²) in [6.45, 7) is 4.01. The number of aromatic amines is 1. The van der Waals surface area contributed by atoms with Gasteiger partial charge in [-0.15, -0.1) is 0 Å². The molecule has 3 rings (SSSR count). The molecule has 134 valence electrons. The number of hydrogen-bond acceptors (Lipinski definition) is 3. The van der Waals surface area contributed by atoms with Gasteiger partial charge in [0.05, 0.1) is 7.11 Å². The standard InChI is InChI=1S/C20H19BrN2O3/c1-11-8-12(2)15-10-17(22-16(15)9-11)19(24)23-18(20(25)26-3)13-4-6-14(21)7-5-13/h4-10,18,22H,1-3H3,(H,23,24). The van der Waals surface area contributed by atoms with Gasteiger partial charge in [-0.3, -0.25) is 4.79 Å². The lowest BCUT2D eigenvalue weighted by Crippen LogP contribution is -2.34. The number of benzene rings is 2. The fraction of sp³-hybridized carbons (Fsp3) is 0.200. The Hall–Kier alpha value is -2.60. The summed E-state index contributed by atoms with van der Waals surface area (Å²) in [5, 5.41) is 3.74. The predicted octanol–water partition coefficient (Wildman–Crippen LogP) is 4.19. The smallest absolute Gasteiger partial charge is 0.333 e. The molecular weight excluding hydrogens is 396 g/mol. The van der Waals surface area contributed by atoms with E-state index in [2.05, 4.69) is 32.3 Å². The summed E-state index contributed by atoms with van der Waals surface area (Å²) in [7, 11) is 1.30. The average Bonchev–Trinajstić information content (AvgIpc) is 3.04. The lowest BCUT2D eigenvalue weighted by atomic mass is 10.1. The van der Waals surface area contributed by atoms with Crippen LogP contribution < -0.4 is 5.32 Å². The van der Waals surface area contributed by atoms with Gasteiger partial charge in [-0.05, 0) is 54.8 Å². The van der Waals surface area contributed by atoms with Gasteiger partial charge in [0, 0.05) is 15.4 Å². The molecule has 1 unspecified atom stereocenters. The quantitative estimate of drug-likeness (QED) is 0.628. The molecular formula is C20H19BrN2O3. The van der Waals surface area contributed by atoms with E-state index >= 15 is 0 Å². The van der Waals surface area contributed by atoms with Gasteiger partial charge >= 0.3 is 5.97 Å². The van der Waals surface area contributed by atoms with Crippen molar-refractivity contribution < 1.29 is 14.3 Å². The summed E-state index contributed by atoms with van der Waals surface area (Å²) < 4.78 is 5.74. The summed E-state index contributed by atoms with van der Waals surface area (Å²) in [4.78, 5) is 28.0. The number of carbonyl (C=O) groups excluding carboxylic acids is 2. The highest BCUT2D eigenvalue weighted by Gasteiger charge is 2.25. The van der Waals surface area contributed by atoms with E-state index in [0.29, 0.717) is 11.3 Å². The molecule has 0 saturated carbocycles. The minimum absolute atomic E-state index is 0.364. The minimum atomic E-state index is -0.880. The van der Waals surface area contributed by atoms with Crippen LogP contribution in [0.15, 0.2) is 46.9 Å². The van der Waals surface area contributed by atoms with Crippen LogP contribution in [0, 0.1) is 13.8 Å². The van der Waals surface area contributed by atoms with Crippen LogP contribution in [-0.2, 0) is 9.53 Å². The third-order valence-corrected chi connectivity index (χ3v) is 4.78. The molecule has 0 aliphatic rings. The summed E-state index contributed by atoms with van der Waals surface area (Å²) in [6.07, 6.45) is 0. The lowest BCUT2D eigenvalue weighted by Gasteiger charge is -2.16. The number of halogens is 1. The number of amides is 1. The number of H-pyrrole nitrogens is 1. The number of nitrogens with one attached hydrogen (secondary N) is 2.